The first kappa shape index (κ1) is 8.63. The summed E-state index contributed by atoms with van der Waals surface area (Å²) >= 11 is 16.6. The van der Waals surface area contributed by atoms with Gasteiger partial charge in [-0.1, -0.05) is 35.0 Å². The Labute approximate surface area is 66.8 Å². The molecule has 0 saturated carbocycles. The molecule has 8 heavy (non-hydrogen) atoms. The SMILES string of the molecule is Cl/C=C/S/C(Cl)=N\Cl. The summed E-state index contributed by atoms with van der Waals surface area (Å²) in [6.45, 7) is 0. The Hall–Kier alpha value is 0.630. The maximum Gasteiger partial charge on any atom is 0.181 e. The van der Waals surface area contributed by atoms with E-state index in [0.29, 0.717) is 0 Å². The van der Waals surface area contributed by atoms with E-state index in [0.717, 1.165) is 11.8 Å². The molecule has 0 aromatic carbocycles. The van der Waals surface area contributed by atoms with Crippen molar-refractivity contribution < 1.29 is 0 Å². The minimum atomic E-state index is 0.253. The van der Waals surface area contributed by atoms with Crippen LogP contribution in [0.2, 0.25) is 0 Å². The number of hydrogen-bond donors (Lipinski definition) is 0. The lowest BCUT2D eigenvalue weighted by molar-refractivity contribution is 1.98. The molecule has 0 spiro atoms. The molecule has 0 fully saturated rings. The fraction of sp³-hybridized carbons (Fsp3) is 0. The van der Waals surface area contributed by atoms with Crippen LogP contribution < -0.4 is 0 Å². The van der Waals surface area contributed by atoms with E-state index in [-0.39, 0.29) is 4.50 Å². The molecule has 1 nitrogen and oxygen atoms in total. The molecule has 0 heterocycles. The number of hydrogen-bond acceptors (Lipinski definition) is 2. The first-order chi connectivity index (χ1) is 3.81. The maximum atomic E-state index is 5.32. The fourth-order valence-electron chi connectivity index (χ4n) is 0.102. The van der Waals surface area contributed by atoms with Crippen LogP contribution in [0.25, 0.3) is 0 Å². The van der Waals surface area contributed by atoms with Gasteiger partial charge in [-0.05, 0) is 5.41 Å². The lowest BCUT2D eigenvalue weighted by Gasteiger charge is -1.81. The number of halogens is 3. The third-order valence-corrected chi connectivity index (χ3v) is 1.82. The highest BCUT2D eigenvalue weighted by atomic mass is 35.5. The van der Waals surface area contributed by atoms with Crippen molar-refractivity contribution in [3.63, 3.8) is 0 Å². The van der Waals surface area contributed by atoms with E-state index in [1.54, 1.807) is 5.41 Å². The van der Waals surface area contributed by atoms with Crippen LogP contribution in [0.15, 0.2) is 15.5 Å². The van der Waals surface area contributed by atoms with Gasteiger partial charge in [0.15, 0.2) is 4.50 Å². The quantitative estimate of drug-likeness (QED) is 0.457. The minimum Gasteiger partial charge on any atom is -0.158 e. The molecule has 5 heteroatoms. The van der Waals surface area contributed by atoms with E-state index in [1.807, 2.05) is 0 Å². The van der Waals surface area contributed by atoms with Gasteiger partial charge in [0.05, 0.1) is 0 Å². The van der Waals surface area contributed by atoms with Crippen molar-refractivity contribution in [2.75, 3.05) is 0 Å². The lowest BCUT2D eigenvalue weighted by Crippen LogP contribution is -1.67. The summed E-state index contributed by atoms with van der Waals surface area (Å²) < 4.78 is 3.39. The summed E-state index contributed by atoms with van der Waals surface area (Å²) in [6, 6.07) is 0. The smallest absolute Gasteiger partial charge is 0.158 e. The van der Waals surface area contributed by atoms with Crippen molar-refractivity contribution in [3.05, 3.63) is 10.9 Å². The van der Waals surface area contributed by atoms with E-state index in [4.69, 9.17) is 35.0 Å². The van der Waals surface area contributed by atoms with E-state index >= 15 is 0 Å². The highest BCUT2D eigenvalue weighted by Gasteiger charge is 1.86. The van der Waals surface area contributed by atoms with Gasteiger partial charge in [-0.2, -0.15) is 4.51 Å². The molecule has 0 amide bonds. The van der Waals surface area contributed by atoms with Crippen LogP contribution in [-0.4, -0.2) is 4.50 Å². The summed E-state index contributed by atoms with van der Waals surface area (Å²) in [5, 5.41) is 1.57. The first-order valence-electron chi connectivity index (χ1n) is 1.57. The van der Waals surface area contributed by atoms with Crippen LogP contribution in [0, 0.1) is 0 Å². The molecule has 0 aliphatic heterocycles. The average molecular weight is 190 g/mol. The summed E-state index contributed by atoms with van der Waals surface area (Å²) in [5.74, 6) is 0. The molecule has 0 N–H and O–H groups in total. The first-order valence-corrected chi connectivity index (χ1v) is 3.61. The largest absolute Gasteiger partial charge is 0.181 e. The lowest BCUT2D eigenvalue weighted by atomic mass is 11.3. The van der Waals surface area contributed by atoms with E-state index in [1.165, 1.54) is 5.54 Å². The van der Waals surface area contributed by atoms with Gasteiger partial charge in [-0.15, -0.1) is 0 Å². The molecule has 0 aliphatic carbocycles. The van der Waals surface area contributed by atoms with Crippen molar-refractivity contribution in [2.24, 2.45) is 4.51 Å². The maximum absolute atomic E-state index is 5.32. The van der Waals surface area contributed by atoms with E-state index in [9.17, 15) is 0 Å². The standard InChI is InChI=1S/C3H2Cl3NS/c4-1-2-8-3(5)7-6/h1-2H/b2-1+,7-3-. The zero-order valence-electron chi connectivity index (χ0n) is 3.64. The molecule has 0 bridgehead atoms. The molecule has 0 rings (SSSR count). The van der Waals surface area contributed by atoms with Gasteiger partial charge in [-0.3, -0.25) is 0 Å². The van der Waals surface area contributed by atoms with Crippen LogP contribution >= 0.6 is 46.7 Å². The molecular weight excluding hydrogens is 188 g/mol. The van der Waals surface area contributed by atoms with Gasteiger partial charge in [0, 0.05) is 17.3 Å². The Morgan fingerprint density at radius 3 is 2.62 bits per heavy atom. The molecular formula is C3H2Cl3NS. The normalized spacial score (nSPS) is 13.1. The second kappa shape index (κ2) is 5.76. The monoisotopic (exact) mass is 189 g/mol. The number of nitrogens with zero attached hydrogens (tertiary/aromatic N) is 1. The summed E-state index contributed by atoms with van der Waals surface area (Å²) in [6.07, 6.45) is 0. The van der Waals surface area contributed by atoms with Gasteiger partial charge in [0.1, 0.15) is 0 Å². The summed E-state index contributed by atoms with van der Waals surface area (Å²) in [5.41, 5.74) is 1.33. The number of rotatable bonds is 1. The van der Waals surface area contributed by atoms with Gasteiger partial charge < -0.3 is 0 Å². The average Bonchev–Trinajstić information content (AvgIpc) is 1.83. The molecule has 46 valence electrons. The minimum absolute atomic E-state index is 0.253. The van der Waals surface area contributed by atoms with E-state index in [2.05, 4.69) is 4.51 Å². The second-order valence-corrected chi connectivity index (χ2v) is 2.62. The Morgan fingerprint density at radius 1 is 1.62 bits per heavy atom. The molecule has 0 radical (unpaired) electrons. The topological polar surface area (TPSA) is 12.4 Å². The molecule has 0 atom stereocenters. The van der Waals surface area contributed by atoms with E-state index < -0.39 is 0 Å². The van der Waals surface area contributed by atoms with Crippen molar-refractivity contribution in [3.8, 4) is 0 Å². The van der Waals surface area contributed by atoms with Crippen molar-refractivity contribution in [2.45, 2.75) is 0 Å². The van der Waals surface area contributed by atoms with Crippen LogP contribution in [0.4, 0.5) is 0 Å². The molecule has 0 saturated heterocycles. The summed E-state index contributed by atoms with van der Waals surface area (Å²) in [4.78, 5) is 0. The number of thioether (sulfide) groups is 1. The Kier molecular flexibility index (Phi) is 6.21. The highest BCUT2D eigenvalue weighted by Crippen LogP contribution is 2.10. The Balaban J connectivity index is 3.40. The predicted octanol–water partition coefficient (Wildman–Crippen LogP) is 3.18. The van der Waals surface area contributed by atoms with Crippen LogP contribution in [0.1, 0.15) is 0 Å². The zero-order valence-corrected chi connectivity index (χ0v) is 6.73. The third kappa shape index (κ3) is 4.78. The molecule has 0 unspecified atom stereocenters. The molecule has 0 aliphatic rings. The Bertz CT molecular complexity index is 111. The summed E-state index contributed by atoms with van der Waals surface area (Å²) in [7, 11) is 0. The van der Waals surface area contributed by atoms with Gasteiger partial charge in [-0.25, -0.2) is 0 Å². The van der Waals surface area contributed by atoms with Gasteiger partial charge >= 0.3 is 0 Å². The predicted molar refractivity (Wildman–Crippen MR) is 41.7 cm³/mol. The fourth-order valence-corrected chi connectivity index (χ4v) is 0.733. The zero-order chi connectivity index (χ0) is 6.41. The van der Waals surface area contributed by atoms with Gasteiger partial charge in [0.2, 0.25) is 0 Å². The second-order valence-electron chi connectivity index (χ2n) is 0.717. The highest BCUT2D eigenvalue weighted by molar-refractivity contribution is 8.19. The van der Waals surface area contributed by atoms with Crippen molar-refractivity contribution in [1.29, 1.82) is 0 Å². The molecule has 0 aromatic heterocycles. The Morgan fingerprint density at radius 2 is 2.25 bits per heavy atom. The van der Waals surface area contributed by atoms with Crippen molar-refractivity contribution >= 4 is 51.2 Å². The van der Waals surface area contributed by atoms with Crippen LogP contribution in [0.3, 0.4) is 0 Å². The van der Waals surface area contributed by atoms with Gasteiger partial charge in [0.25, 0.3) is 0 Å². The molecule has 0 aromatic rings. The third-order valence-electron chi connectivity index (χ3n) is 0.283. The van der Waals surface area contributed by atoms with Crippen LogP contribution in [0.5, 0.6) is 0 Å². The van der Waals surface area contributed by atoms with Crippen LogP contribution in [-0.2, 0) is 0 Å². The van der Waals surface area contributed by atoms with Crippen molar-refractivity contribution in [1.82, 2.24) is 0 Å².